The first-order valence-electron chi connectivity index (χ1n) is 8.91. The summed E-state index contributed by atoms with van der Waals surface area (Å²) in [5.41, 5.74) is 2.21. The molecule has 1 aromatic rings. The van der Waals surface area contributed by atoms with Crippen LogP contribution in [0.2, 0.25) is 0 Å². The Morgan fingerprint density at radius 2 is 2.16 bits per heavy atom. The number of aromatic hydroxyl groups is 1. The van der Waals surface area contributed by atoms with Crippen LogP contribution in [0.25, 0.3) is 0 Å². The van der Waals surface area contributed by atoms with Gasteiger partial charge in [0, 0.05) is 17.4 Å². The van der Waals surface area contributed by atoms with Gasteiger partial charge in [0.1, 0.15) is 22.7 Å². The van der Waals surface area contributed by atoms with E-state index in [-0.39, 0.29) is 28.7 Å². The molecular formula is C20H26O5. The highest BCUT2D eigenvalue weighted by molar-refractivity contribution is 5.95. The lowest BCUT2D eigenvalue weighted by molar-refractivity contribution is -0.183. The van der Waals surface area contributed by atoms with E-state index in [9.17, 15) is 9.90 Å². The Balaban J connectivity index is 2.25. The van der Waals surface area contributed by atoms with Crippen molar-refractivity contribution < 1.29 is 24.8 Å². The zero-order valence-corrected chi connectivity index (χ0v) is 15.3. The molecule has 25 heavy (non-hydrogen) atoms. The van der Waals surface area contributed by atoms with Crippen LogP contribution in [-0.2, 0) is 11.3 Å². The quantitative estimate of drug-likeness (QED) is 0.476. The molecule has 136 valence electrons. The summed E-state index contributed by atoms with van der Waals surface area (Å²) in [6.07, 6.45) is 5.51. The number of ether oxygens (including phenoxy) is 1. The fourth-order valence-corrected chi connectivity index (χ4v) is 4.35. The summed E-state index contributed by atoms with van der Waals surface area (Å²) < 4.78 is 6.26. The molecule has 3 rings (SSSR count). The number of carbonyl (C=O) groups excluding carboxylic acids is 1. The van der Waals surface area contributed by atoms with E-state index < -0.39 is 5.97 Å². The van der Waals surface area contributed by atoms with Gasteiger partial charge in [0.05, 0.1) is 0 Å². The van der Waals surface area contributed by atoms with Crippen LogP contribution in [-0.4, -0.2) is 21.9 Å². The van der Waals surface area contributed by atoms with Crippen LogP contribution < -0.4 is 4.74 Å². The Kier molecular flexibility index (Phi) is 4.54. The van der Waals surface area contributed by atoms with E-state index in [1.807, 2.05) is 13.0 Å². The van der Waals surface area contributed by atoms with E-state index in [4.69, 9.17) is 9.99 Å². The van der Waals surface area contributed by atoms with Crippen molar-refractivity contribution in [1.29, 1.82) is 0 Å². The minimum Gasteiger partial charge on any atom is -0.507 e. The van der Waals surface area contributed by atoms with E-state index in [0.717, 1.165) is 19.3 Å². The minimum atomic E-state index is -0.929. The summed E-state index contributed by atoms with van der Waals surface area (Å²) in [6.45, 7) is 8.23. The Hall–Kier alpha value is -2.01. The highest BCUT2D eigenvalue weighted by Gasteiger charge is 2.46. The number of hydrogen-bond donors (Lipinski definition) is 2. The van der Waals surface area contributed by atoms with Crippen LogP contribution >= 0.6 is 0 Å². The molecule has 2 unspecified atom stereocenters. The predicted octanol–water partition coefficient (Wildman–Crippen LogP) is 4.59. The fraction of sp³-hybridized carbons (Fsp3) is 0.550. The van der Waals surface area contributed by atoms with Gasteiger partial charge in [-0.25, -0.2) is 4.79 Å². The molecule has 0 aromatic heterocycles. The van der Waals surface area contributed by atoms with Crippen molar-refractivity contribution in [3.63, 3.8) is 0 Å². The Morgan fingerprint density at radius 3 is 2.80 bits per heavy atom. The average Bonchev–Trinajstić information content (AvgIpc) is 2.53. The number of rotatable bonds is 3. The van der Waals surface area contributed by atoms with Crippen LogP contribution in [0.5, 0.6) is 11.5 Å². The van der Waals surface area contributed by atoms with Crippen molar-refractivity contribution in [3.05, 3.63) is 34.4 Å². The van der Waals surface area contributed by atoms with E-state index in [1.165, 1.54) is 5.57 Å². The lowest BCUT2D eigenvalue weighted by Gasteiger charge is -2.46. The molecular weight excluding hydrogens is 320 g/mol. The van der Waals surface area contributed by atoms with E-state index in [1.54, 1.807) is 0 Å². The number of benzene rings is 1. The zero-order valence-electron chi connectivity index (χ0n) is 15.3. The first-order chi connectivity index (χ1) is 11.8. The second-order valence-electron chi connectivity index (χ2n) is 7.69. The first kappa shape index (κ1) is 17.8. The number of aryl methyl sites for hydroxylation is 1. The van der Waals surface area contributed by atoms with Gasteiger partial charge in [-0.1, -0.05) is 25.0 Å². The lowest BCUT2D eigenvalue weighted by Crippen LogP contribution is -2.45. The molecule has 0 saturated carbocycles. The maximum absolute atomic E-state index is 12.1. The molecule has 0 bridgehead atoms. The molecule has 1 aromatic carbocycles. The van der Waals surface area contributed by atoms with Crippen LogP contribution in [0.4, 0.5) is 0 Å². The molecule has 5 nitrogen and oxygen atoms in total. The van der Waals surface area contributed by atoms with E-state index in [2.05, 4.69) is 31.7 Å². The second-order valence-corrected chi connectivity index (χ2v) is 7.69. The molecule has 5 heteroatoms. The van der Waals surface area contributed by atoms with Gasteiger partial charge in [-0.3, -0.25) is 4.89 Å². The molecule has 0 spiro atoms. The number of hydrogen-bond acceptors (Lipinski definition) is 5. The topological polar surface area (TPSA) is 76.0 Å². The molecule has 0 amide bonds. The molecule has 0 radical (unpaired) electrons. The number of fused-ring (bicyclic) bond motifs is 3. The first-order valence-corrected chi connectivity index (χ1v) is 8.91. The van der Waals surface area contributed by atoms with Crippen molar-refractivity contribution in [2.45, 2.75) is 64.9 Å². The number of allylic oxidation sites excluding steroid dienone is 2. The smallest absolute Gasteiger partial charge is 0.376 e. The van der Waals surface area contributed by atoms with Gasteiger partial charge in [0.25, 0.3) is 0 Å². The van der Waals surface area contributed by atoms with E-state index in [0.29, 0.717) is 23.3 Å². The summed E-state index contributed by atoms with van der Waals surface area (Å²) in [6, 6.07) is 1.82. The monoisotopic (exact) mass is 346 g/mol. The zero-order chi connectivity index (χ0) is 18.4. The predicted molar refractivity (Wildman–Crippen MR) is 94.1 cm³/mol. The minimum absolute atomic E-state index is 0.0200. The normalized spacial score (nSPS) is 23.8. The van der Waals surface area contributed by atoms with Crippen molar-refractivity contribution in [2.75, 3.05) is 0 Å². The summed E-state index contributed by atoms with van der Waals surface area (Å²) in [5.74, 6) is -0.247. The van der Waals surface area contributed by atoms with Gasteiger partial charge >= 0.3 is 5.97 Å². The summed E-state index contributed by atoms with van der Waals surface area (Å²) in [5, 5.41) is 19.8. The summed E-state index contributed by atoms with van der Waals surface area (Å²) in [7, 11) is 0. The summed E-state index contributed by atoms with van der Waals surface area (Å²) >= 11 is 0. The van der Waals surface area contributed by atoms with Gasteiger partial charge in [-0.2, -0.15) is 5.26 Å². The van der Waals surface area contributed by atoms with Crippen molar-refractivity contribution in [1.82, 2.24) is 0 Å². The molecule has 2 atom stereocenters. The SMILES string of the molecule is CCCc1cc2c(c(O)c1C(=O)OO)C1C=C(C)CCC1C(C)(C)O2. The lowest BCUT2D eigenvalue weighted by atomic mass is 9.67. The van der Waals surface area contributed by atoms with Crippen LogP contribution in [0, 0.1) is 5.92 Å². The third kappa shape index (κ3) is 2.91. The van der Waals surface area contributed by atoms with Gasteiger partial charge < -0.3 is 9.84 Å². The van der Waals surface area contributed by atoms with Crippen molar-refractivity contribution in [3.8, 4) is 11.5 Å². The molecule has 0 saturated heterocycles. The van der Waals surface area contributed by atoms with Crippen LogP contribution in [0.15, 0.2) is 17.7 Å². The number of phenols is 1. The number of phenolic OH excluding ortho intramolecular Hbond substituents is 1. The Labute approximate surface area is 148 Å². The Bertz CT molecular complexity index is 732. The molecule has 1 aliphatic carbocycles. The van der Waals surface area contributed by atoms with Crippen LogP contribution in [0.1, 0.15) is 74.4 Å². The maximum Gasteiger partial charge on any atom is 0.376 e. The van der Waals surface area contributed by atoms with Crippen LogP contribution in [0.3, 0.4) is 0 Å². The third-order valence-electron chi connectivity index (χ3n) is 5.54. The fourth-order valence-electron chi connectivity index (χ4n) is 4.35. The van der Waals surface area contributed by atoms with Gasteiger partial charge in [-0.15, -0.1) is 0 Å². The molecule has 1 heterocycles. The van der Waals surface area contributed by atoms with Gasteiger partial charge in [-0.05, 0) is 51.7 Å². The molecule has 2 N–H and O–H groups in total. The van der Waals surface area contributed by atoms with Gasteiger partial charge in [0.2, 0.25) is 0 Å². The third-order valence-corrected chi connectivity index (χ3v) is 5.54. The Morgan fingerprint density at radius 1 is 1.44 bits per heavy atom. The molecule has 0 fully saturated rings. The van der Waals surface area contributed by atoms with Crippen molar-refractivity contribution in [2.24, 2.45) is 5.92 Å². The second kappa shape index (κ2) is 6.37. The summed E-state index contributed by atoms with van der Waals surface area (Å²) in [4.78, 5) is 16.0. The average molecular weight is 346 g/mol. The van der Waals surface area contributed by atoms with E-state index >= 15 is 0 Å². The highest BCUT2D eigenvalue weighted by Crippen LogP contribution is 2.54. The van der Waals surface area contributed by atoms with Gasteiger partial charge in [0.15, 0.2) is 0 Å². The number of carbonyl (C=O) groups is 1. The molecule has 2 aliphatic rings. The largest absolute Gasteiger partial charge is 0.507 e. The molecule has 1 aliphatic heterocycles. The highest BCUT2D eigenvalue weighted by atomic mass is 17.1. The van der Waals surface area contributed by atoms with Crippen molar-refractivity contribution >= 4 is 5.97 Å². The standard InChI is InChI=1S/C20H26O5/c1-5-6-12-10-15-17(18(21)16(12)19(22)25-23)13-9-11(2)7-8-14(13)20(3,4)24-15/h9-10,13-14,21,23H,5-8H2,1-4H3. The maximum atomic E-state index is 12.1.